The average molecular weight is 308 g/mol. The Morgan fingerprint density at radius 3 is 3.24 bits per heavy atom. The standard InChI is InChI=1S/C13H18BN2O4P/c14-19-9-10-8-18-7-5-16(10)13(17)11-2-1-4-15-12(11)3-6-20-21/h1-2,4,10H,3,5-9,21H2/t10-/m0/s1. The van der Waals surface area contributed by atoms with Gasteiger partial charge in [0.25, 0.3) is 14.0 Å². The van der Waals surface area contributed by atoms with Crippen molar-refractivity contribution in [1.82, 2.24) is 9.88 Å². The van der Waals surface area contributed by atoms with E-state index in [0.717, 1.165) is 5.69 Å². The van der Waals surface area contributed by atoms with Crippen LogP contribution in [-0.2, 0) is 20.3 Å². The zero-order valence-corrected chi connectivity index (χ0v) is 12.9. The van der Waals surface area contributed by atoms with Gasteiger partial charge in [-0.25, -0.2) is 0 Å². The largest absolute Gasteiger partial charge is 0.445 e. The van der Waals surface area contributed by atoms with Gasteiger partial charge in [0.15, 0.2) is 0 Å². The first-order valence-electron chi connectivity index (χ1n) is 6.74. The van der Waals surface area contributed by atoms with Crippen LogP contribution in [0.3, 0.4) is 0 Å². The second kappa shape index (κ2) is 8.44. The molecule has 2 radical (unpaired) electrons. The maximum atomic E-state index is 12.8. The third kappa shape index (κ3) is 4.23. The van der Waals surface area contributed by atoms with Crippen molar-refractivity contribution in [3.8, 4) is 0 Å². The summed E-state index contributed by atoms with van der Waals surface area (Å²) in [7, 11) is 7.33. The molecule has 6 nitrogen and oxygen atoms in total. The van der Waals surface area contributed by atoms with E-state index in [4.69, 9.17) is 17.3 Å². The highest BCUT2D eigenvalue weighted by Crippen LogP contribution is 2.16. The number of nitrogens with zero attached hydrogens (tertiary/aromatic N) is 2. The van der Waals surface area contributed by atoms with E-state index in [-0.39, 0.29) is 18.6 Å². The van der Waals surface area contributed by atoms with Crippen LogP contribution in [0.1, 0.15) is 16.1 Å². The molecule has 0 aliphatic carbocycles. The van der Waals surface area contributed by atoms with Crippen molar-refractivity contribution < 1.29 is 18.7 Å². The van der Waals surface area contributed by atoms with Crippen molar-refractivity contribution in [2.45, 2.75) is 12.5 Å². The van der Waals surface area contributed by atoms with E-state index in [1.54, 1.807) is 23.2 Å². The SMILES string of the molecule is [B]OC[C@@H]1COCCN1C(=O)c1cccnc1CCOP. The molecule has 1 unspecified atom stereocenters. The minimum Gasteiger partial charge on any atom is -0.445 e. The molecule has 1 aliphatic heterocycles. The third-order valence-corrected chi connectivity index (χ3v) is 3.59. The van der Waals surface area contributed by atoms with Gasteiger partial charge in [0.05, 0.1) is 37.1 Å². The summed E-state index contributed by atoms with van der Waals surface area (Å²) >= 11 is 0. The molecule has 0 N–H and O–H groups in total. The van der Waals surface area contributed by atoms with Gasteiger partial charge in [-0.1, -0.05) is 0 Å². The Hall–Kier alpha value is -1.01. The quantitative estimate of drug-likeness (QED) is 0.561. The van der Waals surface area contributed by atoms with Crippen LogP contribution in [0.4, 0.5) is 0 Å². The van der Waals surface area contributed by atoms with Crippen LogP contribution in [0.5, 0.6) is 0 Å². The van der Waals surface area contributed by atoms with Crippen LogP contribution in [0.25, 0.3) is 0 Å². The van der Waals surface area contributed by atoms with Crippen LogP contribution < -0.4 is 0 Å². The number of rotatable bonds is 6. The zero-order chi connectivity index (χ0) is 15.1. The lowest BCUT2D eigenvalue weighted by Crippen LogP contribution is -2.51. The zero-order valence-electron chi connectivity index (χ0n) is 11.7. The van der Waals surface area contributed by atoms with Crippen molar-refractivity contribution in [3.63, 3.8) is 0 Å². The van der Waals surface area contributed by atoms with Gasteiger partial charge in [-0.3, -0.25) is 9.78 Å². The van der Waals surface area contributed by atoms with Gasteiger partial charge in [0, 0.05) is 35.2 Å². The predicted molar refractivity (Wildman–Crippen MR) is 81.0 cm³/mol. The number of carbonyl (C=O) groups is 1. The number of ether oxygens (including phenoxy) is 1. The molecule has 1 amide bonds. The number of pyridine rings is 1. The number of aromatic nitrogens is 1. The van der Waals surface area contributed by atoms with Gasteiger partial charge in [-0.05, 0) is 12.1 Å². The topological polar surface area (TPSA) is 60.9 Å². The van der Waals surface area contributed by atoms with Gasteiger partial charge in [-0.15, -0.1) is 0 Å². The summed E-state index contributed by atoms with van der Waals surface area (Å²) in [6.45, 7) is 2.18. The molecular formula is C13H18BN2O4P. The Kier molecular flexibility index (Phi) is 6.58. The maximum absolute atomic E-state index is 12.8. The van der Waals surface area contributed by atoms with E-state index in [1.807, 2.05) is 0 Å². The van der Waals surface area contributed by atoms with Gasteiger partial charge in [0.2, 0.25) is 0 Å². The molecule has 8 heteroatoms. The van der Waals surface area contributed by atoms with Crippen molar-refractivity contribution in [3.05, 3.63) is 29.6 Å². The lowest BCUT2D eigenvalue weighted by Gasteiger charge is -2.35. The average Bonchev–Trinajstić information content (AvgIpc) is 2.53. The smallest absolute Gasteiger partial charge is 0.282 e. The summed E-state index contributed by atoms with van der Waals surface area (Å²) < 4.78 is 15.0. The number of hydrogen-bond acceptors (Lipinski definition) is 5. The van der Waals surface area contributed by atoms with E-state index in [1.165, 1.54) is 0 Å². The molecule has 1 aromatic rings. The van der Waals surface area contributed by atoms with E-state index in [9.17, 15) is 4.79 Å². The van der Waals surface area contributed by atoms with Crippen LogP contribution in [0, 0.1) is 0 Å². The first kappa shape index (κ1) is 16.4. The molecular weight excluding hydrogens is 290 g/mol. The number of carbonyl (C=O) groups excluding carboxylic acids is 1. The highest BCUT2D eigenvalue weighted by atomic mass is 31.0. The fourth-order valence-corrected chi connectivity index (χ4v) is 2.43. The Morgan fingerprint density at radius 2 is 2.48 bits per heavy atom. The monoisotopic (exact) mass is 308 g/mol. The fourth-order valence-electron chi connectivity index (χ4n) is 2.31. The van der Waals surface area contributed by atoms with E-state index in [2.05, 4.69) is 19.1 Å². The van der Waals surface area contributed by atoms with E-state index in [0.29, 0.717) is 38.3 Å². The summed E-state index contributed by atoms with van der Waals surface area (Å²) in [6, 6.07) is 3.36. The normalized spacial score (nSPS) is 18.7. The van der Waals surface area contributed by atoms with Crippen molar-refractivity contribution in [1.29, 1.82) is 0 Å². The molecule has 2 rings (SSSR count). The molecule has 1 aliphatic rings. The second-order valence-electron chi connectivity index (χ2n) is 4.68. The van der Waals surface area contributed by atoms with E-state index < -0.39 is 0 Å². The lowest BCUT2D eigenvalue weighted by atomic mass is 10.1. The first-order valence-corrected chi connectivity index (χ1v) is 7.21. The van der Waals surface area contributed by atoms with Crippen molar-refractivity contribution in [2.75, 3.05) is 33.0 Å². The molecule has 2 atom stereocenters. The van der Waals surface area contributed by atoms with Crippen LogP contribution in [-0.4, -0.2) is 62.9 Å². The summed E-state index contributed by atoms with van der Waals surface area (Å²) in [5.74, 6) is -0.0767. The Morgan fingerprint density at radius 1 is 1.62 bits per heavy atom. The highest BCUT2D eigenvalue weighted by Gasteiger charge is 2.29. The highest BCUT2D eigenvalue weighted by molar-refractivity contribution is 7.09. The molecule has 2 heterocycles. The summed E-state index contributed by atoms with van der Waals surface area (Å²) in [5.41, 5.74) is 1.31. The van der Waals surface area contributed by atoms with Gasteiger partial charge in [-0.2, -0.15) is 0 Å². The molecule has 0 aromatic carbocycles. The summed E-state index contributed by atoms with van der Waals surface area (Å²) in [5, 5.41) is 0. The minimum atomic E-state index is -0.178. The van der Waals surface area contributed by atoms with Gasteiger partial charge < -0.3 is 18.8 Å². The Labute approximate surface area is 127 Å². The van der Waals surface area contributed by atoms with Crippen LogP contribution in [0.2, 0.25) is 0 Å². The van der Waals surface area contributed by atoms with Crippen LogP contribution >= 0.6 is 9.47 Å². The Balaban J connectivity index is 2.17. The van der Waals surface area contributed by atoms with Gasteiger partial charge in [0.1, 0.15) is 0 Å². The molecule has 0 bridgehead atoms. The molecule has 1 fully saturated rings. The molecule has 0 saturated carbocycles. The molecule has 0 spiro atoms. The molecule has 1 saturated heterocycles. The second-order valence-corrected chi connectivity index (χ2v) is 5.01. The summed E-state index contributed by atoms with van der Waals surface area (Å²) in [6.07, 6.45) is 2.25. The number of amides is 1. The third-order valence-electron chi connectivity index (χ3n) is 3.35. The number of morpholine rings is 1. The molecule has 1 aromatic heterocycles. The number of hydrogen-bond donors (Lipinski definition) is 0. The first-order chi connectivity index (χ1) is 10.3. The van der Waals surface area contributed by atoms with Crippen molar-refractivity contribution >= 4 is 23.4 Å². The van der Waals surface area contributed by atoms with E-state index >= 15 is 0 Å². The Bertz CT molecular complexity index is 475. The molecule has 21 heavy (non-hydrogen) atoms. The fraction of sp³-hybridized carbons (Fsp3) is 0.538. The van der Waals surface area contributed by atoms with Gasteiger partial charge >= 0.3 is 0 Å². The van der Waals surface area contributed by atoms with Crippen molar-refractivity contribution in [2.24, 2.45) is 0 Å². The maximum Gasteiger partial charge on any atom is 0.282 e. The summed E-state index contributed by atoms with van der Waals surface area (Å²) in [4.78, 5) is 18.8. The molecule has 112 valence electrons. The van der Waals surface area contributed by atoms with Crippen LogP contribution in [0.15, 0.2) is 18.3 Å². The predicted octanol–water partition coefficient (Wildman–Crippen LogP) is 0.372. The lowest BCUT2D eigenvalue weighted by molar-refractivity contribution is -0.0143. The minimum absolute atomic E-state index is 0.0767.